The molecule has 0 fully saturated rings. The van der Waals surface area contributed by atoms with E-state index in [4.69, 9.17) is 9.47 Å². The van der Waals surface area contributed by atoms with Crippen molar-refractivity contribution in [1.29, 1.82) is 0 Å². The zero-order valence-corrected chi connectivity index (χ0v) is 24.1. The van der Waals surface area contributed by atoms with Gasteiger partial charge in [-0.2, -0.15) is 0 Å². The molecule has 0 heterocycles. The van der Waals surface area contributed by atoms with Gasteiger partial charge in [0.25, 0.3) is 17.5 Å². The molecule has 0 saturated heterocycles. The minimum atomic E-state index is -0.586. The maximum Gasteiger partial charge on any atom is 0.272 e. The van der Waals surface area contributed by atoms with E-state index >= 15 is 0 Å². The number of rotatable bonds is 12. The van der Waals surface area contributed by atoms with Crippen molar-refractivity contribution in [3.63, 3.8) is 0 Å². The van der Waals surface area contributed by atoms with Crippen LogP contribution < -0.4 is 20.1 Å². The van der Waals surface area contributed by atoms with Crippen molar-refractivity contribution in [1.82, 2.24) is 5.32 Å². The van der Waals surface area contributed by atoms with Gasteiger partial charge in [-0.3, -0.25) is 24.5 Å². The average Bonchev–Trinajstić information content (AvgIpc) is 3.03. The van der Waals surface area contributed by atoms with Crippen molar-refractivity contribution in [3.8, 4) is 11.5 Å². The lowest BCUT2D eigenvalue weighted by atomic mass is 10.1. The van der Waals surface area contributed by atoms with Crippen molar-refractivity contribution < 1.29 is 28.8 Å². The van der Waals surface area contributed by atoms with E-state index in [0.717, 1.165) is 0 Å². The second-order valence-corrected chi connectivity index (χ2v) is 10.0. The van der Waals surface area contributed by atoms with E-state index in [9.17, 15) is 24.5 Å². The Balaban J connectivity index is 1.53. The third-order valence-electron chi connectivity index (χ3n) is 6.11. The second-order valence-electron chi connectivity index (χ2n) is 8.99. The molecular formula is C32H27N3O7S. The molecule has 43 heavy (non-hydrogen) atoms. The number of thioether (sulfide) groups is 1. The van der Waals surface area contributed by atoms with Gasteiger partial charge in [0.1, 0.15) is 17.2 Å². The lowest BCUT2D eigenvalue weighted by Gasteiger charge is -2.13. The van der Waals surface area contributed by atoms with Crippen LogP contribution in [0.5, 0.6) is 11.5 Å². The Bertz CT molecular complexity index is 1690. The van der Waals surface area contributed by atoms with Gasteiger partial charge in [-0.05, 0) is 48.5 Å². The molecule has 4 rings (SSSR count). The Morgan fingerprint density at radius 1 is 0.860 bits per heavy atom. The average molecular weight is 598 g/mol. The number of carbonyl (C=O) groups is 3. The van der Waals surface area contributed by atoms with Crippen LogP contribution in [-0.4, -0.2) is 42.5 Å². The molecule has 2 amide bonds. The largest absolute Gasteiger partial charge is 0.497 e. The molecule has 0 atom stereocenters. The van der Waals surface area contributed by atoms with E-state index < -0.39 is 16.7 Å². The van der Waals surface area contributed by atoms with Gasteiger partial charge in [0.2, 0.25) is 0 Å². The summed E-state index contributed by atoms with van der Waals surface area (Å²) in [6.07, 6.45) is 1.50. The summed E-state index contributed by atoms with van der Waals surface area (Å²) in [5.41, 5.74) is 1.39. The standard InChI is InChI=1S/C32H27N3O7S/c1-41-26-15-14-23(30(19-26)42-2)17-28(34-31(37)21-8-4-3-5-9-21)32(38)33-24-11-7-13-27(18-24)43-20-29(36)22-10-6-12-25(16-22)35(39)40/h3-19H,20H2,1-2H3,(H,33,38)(H,34,37)/b28-17-. The van der Waals surface area contributed by atoms with Crippen LogP contribution in [0, 0.1) is 10.1 Å². The van der Waals surface area contributed by atoms with Gasteiger partial charge in [-0.25, -0.2) is 0 Å². The number of anilines is 1. The highest BCUT2D eigenvalue weighted by Gasteiger charge is 2.17. The molecule has 0 bridgehead atoms. The van der Waals surface area contributed by atoms with Gasteiger partial charge in [0, 0.05) is 45.5 Å². The minimum Gasteiger partial charge on any atom is -0.497 e. The number of nitrogens with one attached hydrogen (secondary N) is 2. The number of methoxy groups -OCH3 is 2. The molecule has 0 radical (unpaired) electrons. The molecule has 11 heteroatoms. The monoisotopic (exact) mass is 597 g/mol. The highest BCUT2D eigenvalue weighted by molar-refractivity contribution is 8.00. The molecule has 2 N–H and O–H groups in total. The fraction of sp³-hybridized carbons (Fsp3) is 0.0938. The number of hydrogen-bond acceptors (Lipinski definition) is 8. The molecule has 4 aromatic carbocycles. The number of nitro groups is 1. The van der Waals surface area contributed by atoms with Crippen LogP contribution in [0.15, 0.2) is 108 Å². The minimum absolute atomic E-state index is 0.0313. The third-order valence-corrected chi connectivity index (χ3v) is 7.10. The van der Waals surface area contributed by atoms with Crippen LogP contribution in [0.2, 0.25) is 0 Å². The predicted octanol–water partition coefficient (Wildman–Crippen LogP) is 6.00. The fourth-order valence-electron chi connectivity index (χ4n) is 3.92. The van der Waals surface area contributed by atoms with Gasteiger partial charge < -0.3 is 20.1 Å². The van der Waals surface area contributed by atoms with E-state index in [0.29, 0.717) is 33.2 Å². The number of non-ortho nitro benzene ring substituents is 1. The maximum absolute atomic E-state index is 13.5. The molecule has 0 aliphatic rings. The molecule has 0 unspecified atom stereocenters. The molecule has 0 aliphatic carbocycles. The van der Waals surface area contributed by atoms with Gasteiger partial charge in [-0.1, -0.05) is 36.4 Å². The maximum atomic E-state index is 13.5. The first-order chi connectivity index (χ1) is 20.8. The first kappa shape index (κ1) is 30.5. The first-order valence-corrected chi connectivity index (χ1v) is 13.9. The summed E-state index contributed by atoms with van der Waals surface area (Å²) in [4.78, 5) is 50.3. The van der Waals surface area contributed by atoms with Crippen molar-refractivity contribution in [3.05, 3.63) is 130 Å². The smallest absolute Gasteiger partial charge is 0.272 e. The predicted molar refractivity (Wildman–Crippen MR) is 165 cm³/mol. The second kappa shape index (κ2) is 14.5. The van der Waals surface area contributed by atoms with Crippen LogP contribution in [-0.2, 0) is 4.79 Å². The van der Waals surface area contributed by atoms with Crippen molar-refractivity contribution in [2.24, 2.45) is 0 Å². The number of ether oxygens (including phenoxy) is 2. The van der Waals surface area contributed by atoms with Crippen LogP contribution in [0.3, 0.4) is 0 Å². The summed E-state index contributed by atoms with van der Waals surface area (Å²) in [7, 11) is 3.01. The van der Waals surface area contributed by atoms with Gasteiger partial charge in [0.15, 0.2) is 5.78 Å². The third kappa shape index (κ3) is 8.30. The number of ketones is 1. The summed E-state index contributed by atoms with van der Waals surface area (Å²) in [6, 6.07) is 26.0. The number of benzene rings is 4. The van der Waals surface area contributed by atoms with Gasteiger partial charge in [-0.15, -0.1) is 11.8 Å². The zero-order chi connectivity index (χ0) is 30.8. The Morgan fingerprint density at radius 2 is 1.60 bits per heavy atom. The van der Waals surface area contributed by atoms with E-state index in [1.807, 2.05) is 0 Å². The summed E-state index contributed by atoms with van der Waals surface area (Å²) in [6.45, 7) is 0. The number of hydrogen-bond donors (Lipinski definition) is 2. The molecule has 0 aromatic heterocycles. The Hall–Kier alpha value is -5.42. The number of carbonyl (C=O) groups excluding carboxylic acids is 3. The van der Waals surface area contributed by atoms with Crippen molar-refractivity contribution >= 4 is 46.8 Å². The molecule has 218 valence electrons. The van der Waals surface area contributed by atoms with E-state index in [2.05, 4.69) is 10.6 Å². The number of Topliss-reactive ketones (excluding diaryl/α,β-unsaturated/α-hetero) is 1. The lowest BCUT2D eigenvalue weighted by Crippen LogP contribution is -2.30. The summed E-state index contributed by atoms with van der Waals surface area (Å²) in [5, 5.41) is 16.5. The van der Waals surface area contributed by atoms with Crippen LogP contribution in [0.4, 0.5) is 11.4 Å². The van der Waals surface area contributed by atoms with Crippen molar-refractivity contribution in [2.45, 2.75) is 4.90 Å². The van der Waals surface area contributed by atoms with E-state index in [-0.39, 0.29) is 28.5 Å². The highest BCUT2D eigenvalue weighted by Crippen LogP contribution is 2.27. The molecule has 0 spiro atoms. The zero-order valence-electron chi connectivity index (χ0n) is 23.2. The summed E-state index contributed by atoms with van der Waals surface area (Å²) in [5.74, 6) is -0.299. The number of amides is 2. The summed E-state index contributed by atoms with van der Waals surface area (Å²) >= 11 is 1.22. The highest BCUT2D eigenvalue weighted by atomic mass is 32.2. The molecule has 0 aliphatic heterocycles. The fourth-order valence-corrected chi connectivity index (χ4v) is 4.77. The van der Waals surface area contributed by atoms with Crippen LogP contribution >= 0.6 is 11.8 Å². The first-order valence-electron chi connectivity index (χ1n) is 12.9. The Morgan fingerprint density at radius 3 is 2.33 bits per heavy atom. The molecule has 10 nitrogen and oxygen atoms in total. The Kier molecular flexibility index (Phi) is 10.3. The van der Waals surface area contributed by atoms with Crippen LogP contribution in [0.1, 0.15) is 26.3 Å². The van der Waals surface area contributed by atoms with Crippen molar-refractivity contribution in [2.75, 3.05) is 25.3 Å². The lowest BCUT2D eigenvalue weighted by molar-refractivity contribution is -0.384. The topological polar surface area (TPSA) is 137 Å². The van der Waals surface area contributed by atoms with Crippen LogP contribution in [0.25, 0.3) is 6.08 Å². The van der Waals surface area contributed by atoms with E-state index in [1.54, 1.807) is 72.8 Å². The molecular weight excluding hydrogens is 570 g/mol. The van der Waals surface area contributed by atoms with Gasteiger partial charge in [0.05, 0.1) is 24.9 Å². The molecule has 4 aromatic rings. The number of nitrogens with zero attached hydrogens (tertiary/aromatic N) is 1. The molecule has 0 saturated carbocycles. The quantitative estimate of drug-likeness (QED) is 0.0667. The SMILES string of the molecule is COc1ccc(/C=C(\NC(=O)c2ccccc2)C(=O)Nc2cccc(SCC(=O)c3cccc([N+](=O)[O-])c3)c2)c(OC)c1. The normalized spacial score (nSPS) is 10.9. The van der Waals surface area contributed by atoms with Gasteiger partial charge >= 0.3 is 0 Å². The summed E-state index contributed by atoms with van der Waals surface area (Å²) < 4.78 is 10.7. The van der Waals surface area contributed by atoms with E-state index in [1.165, 1.54) is 56.3 Å². The Labute approximate surface area is 251 Å². The number of nitro benzene ring substituents is 1.